The summed E-state index contributed by atoms with van der Waals surface area (Å²) in [5, 5.41) is 11.2. The largest absolute Gasteiger partial charge is 0.445 e. The summed E-state index contributed by atoms with van der Waals surface area (Å²) < 4.78 is 11.2. The van der Waals surface area contributed by atoms with Crippen LogP contribution >= 0.6 is 0 Å². The monoisotopic (exact) mass is 401 g/mol. The van der Waals surface area contributed by atoms with Crippen molar-refractivity contribution in [2.24, 2.45) is 0 Å². The van der Waals surface area contributed by atoms with Crippen molar-refractivity contribution < 1.29 is 19.4 Å². The molecular weight excluding hydrogens is 366 g/mol. The third-order valence-corrected chi connectivity index (χ3v) is 6.10. The molecule has 160 valence electrons. The van der Waals surface area contributed by atoms with Crippen molar-refractivity contribution in [3.63, 3.8) is 0 Å². The molecule has 2 aliphatic rings. The van der Waals surface area contributed by atoms with E-state index in [0.29, 0.717) is 26.1 Å². The molecule has 2 unspecified atom stereocenters. The fourth-order valence-electron chi connectivity index (χ4n) is 4.64. The van der Waals surface area contributed by atoms with Gasteiger partial charge in [0.2, 0.25) is 0 Å². The summed E-state index contributed by atoms with van der Waals surface area (Å²) in [6.45, 7) is 4.97. The van der Waals surface area contributed by atoms with Crippen molar-refractivity contribution in [2.75, 3.05) is 13.2 Å². The van der Waals surface area contributed by atoms with Crippen molar-refractivity contribution in [1.82, 2.24) is 4.90 Å². The van der Waals surface area contributed by atoms with Gasteiger partial charge in [0.05, 0.1) is 30.9 Å². The number of carbonyl (C=O) groups excluding carboxylic acids is 1. The van der Waals surface area contributed by atoms with E-state index in [0.717, 1.165) is 31.2 Å². The molecule has 0 aromatic heterocycles. The van der Waals surface area contributed by atoms with Crippen LogP contribution in [0.5, 0.6) is 0 Å². The van der Waals surface area contributed by atoms with E-state index in [-0.39, 0.29) is 24.8 Å². The average molecular weight is 402 g/mol. The molecule has 0 saturated carbocycles. The second-order valence-corrected chi connectivity index (χ2v) is 8.52. The number of fused-ring (bicyclic) bond motifs is 2. The van der Waals surface area contributed by atoms with Gasteiger partial charge in [-0.1, -0.05) is 62.1 Å². The van der Waals surface area contributed by atoms with E-state index in [1.54, 1.807) is 0 Å². The number of nitrogens with zero attached hydrogens (tertiary/aromatic N) is 1. The number of morpholine rings is 1. The van der Waals surface area contributed by atoms with E-state index in [4.69, 9.17) is 9.47 Å². The van der Waals surface area contributed by atoms with Crippen LogP contribution in [0.2, 0.25) is 0 Å². The molecule has 1 amide bonds. The zero-order valence-corrected chi connectivity index (χ0v) is 17.4. The number of hydrogen-bond acceptors (Lipinski definition) is 4. The first kappa shape index (κ1) is 21.8. The third kappa shape index (κ3) is 6.31. The van der Waals surface area contributed by atoms with E-state index < -0.39 is 5.60 Å². The molecule has 1 N–H and O–H groups in total. The second kappa shape index (κ2) is 10.8. The Hall–Kier alpha value is -1.85. The first-order chi connectivity index (χ1) is 14.1. The highest BCUT2D eigenvalue weighted by Crippen LogP contribution is 2.38. The lowest BCUT2D eigenvalue weighted by molar-refractivity contribution is -0.136. The van der Waals surface area contributed by atoms with Crippen molar-refractivity contribution in [2.45, 2.75) is 82.1 Å². The Morgan fingerprint density at radius 3 is 2.48 bits per heavy atom. The maximum atomic E-state index is 12.7. The molecule has 0 aliphatic carbocycles. The molecule has 2 saturated heterocycles. The highest BCUT2D eigenvalue weighted by atomic mass is 16.6. The number of carbonyl (C=O) groups is 1. The number of benzene rings is 1. The molecule has 0 radical (unpaired) electrons. The molecule has 1 aromatic rings. The van der Waals surface area contributed by atoms with Gasteiger partial charge < -0.3 is 14.6 Å². The predicted molar refractivity (Wildman–Crippen MR) is 114 cm³/mol. The van der Waals surface area contributed by atoms with Crippen LogP contribution < -0.4 is 0 Å². The van der Waals surface area contributed by atoms with Crippen molar-refractivity contribution >= 4 is 6.09 Å². The summed E-state index contributed by atoms with van der Waals surface area (Å²) in [7, 11) is 0. The fourth-order valence-corrected chi connectivity index (χ4v) is 4.64. The van der Waals surface area contributed by atoms with E-state index in [9.17, 15) is 9.90 Å². The van der Waals surface area contributed by atoms with E-state index >= 15 is 0 Å². The smallest absolute Gasteiger partial charge is 0.410 e. The molecule has 29 heavy (non-hydrogen) atoms. The summed E-state index contributed by atoms with van der Waals surface area (Å²) in [6, 6.07) is 9.50. The Bertz CT molecular complexity index is 634. The number of hydrogen-bond donors (Lipinski definition) is 1. The normalized spacial score (nSPS) is 26.2. The van der Waals surface area contributed by atoms with Gasteiger partial charge in [-0.25, -0.2) is 4.79 Å². The molecule has 2 atom stereocenters. The van der Waals surface area contributed by atoms with Crippen LogP contribution in [-0.2, 0) is 16.1 Å². The number of rotatable bonds is 10. The van der Waals surface area contributed by atoms with Gasteiger partial charge >= 0.3 is 6.09 Å². The molecular formula is C24H35NO4. The van der Waals surface area contributed by atoms with Gasteiger partial charge in [0, 0.05) is 0 Å². The van der Waals surface area contributed by atoms with Crippen LogP contribution in [0.1, 0.15) is 63.4 Å². The Kier molecular flexibility index (Phi) is 8.13. The van der Waals surface area contributed by atoms with Crippen LogP contribution in [0.4, 0.5) is 4.79 Å². The van der Waals surface area contributed by atoms with Gasteiger partial charge in [-0.05, 0) is 37.7 Å². The van der Waals surface area contributed by atoms with Gasteiger partial charge in [-0.15, -0.1) is 6.58 Å². The SMILES string of the molecule is C=CCCCCCCCC1(O)CC2COCC(C1)N2C(=O)OCc1ccccc1. The van der Waals surface area contributed by atoms with Crippen LogP contribution in [-0.4, -0.2) is 47.0 Å². The molecule has 1 aromatic carbocycles. The van der Waals surface area contributed by atoms with Crippen molar-refractivity contribution in [1.29, 1.82) is 0 Å². The van der Waals surface area contributed by atoms with Crippen LogP contribution in [0.15, 0.2) is 43.0 Å². The Labute approximate surface area is 174 Å². The van der Waals surface area contributed by atoms with Gasteiger partial charge in [-0.3, -0.25) is 4.90 Å². The minimum atomic E-state index is -0.698. The third-order valence-electron chi connectivity index (χ3n) is 6.10. The lowest BCUT2D eigenvalue weighted by atomic mass is 9.78. The van der Waals surface area contributed by atoms with E-state index in [1.807, 2.05) is 41.3 Å². The van der Waals surface area contributed by atoms with Gasteiger partial charge in [0.25, 0.3) is 0 Å². The van der Waals surface area contributed by atoms with E-state index in [1.165, 1.54) is 19.3 Å². The Morgan fingerprint density at radius 1 is 1.14 bits per heavy atom. The molecule has 2 fully saturated rings. The first-order valence-corrected chi connectivity index (χ1v) is 11.0. The fraction of sp³-hybridized carbons (Fsp3) is 0.625. The minimum absolute atomic E-state index is 0.108. The number of ether oxygens (including phenoxy) is 2. The summed E-state index contributed by atoms with van der Waals surface area (Å²) in [4.78, 5) is 14.6. The summed E-state index contributed by atoms with van der Waals surface area (Å²) in [6.07, 6.45) is 10.5. The first-order valence-electron chi connectivity index (χ1n) is 11.0. The molecule has 5 nitrogen and oxygen atoms in total. The van der Waals surface area contributed by atoms with Crippen LogP contribution in [0.25, 0.3) is 0 Å². The average Bonchev–Trinajstić information content (AvgIpc) is 2.71. The topological polar surface area (TPSA) is 59.0 Å². The van der Waals surface area contributed by atoms with Crippen molar-refractivity contribution in [3.05, 3.63) is 48.6 Å². The zero-order chi connectivity index (χ0) is 20.5. The highest BCUT2D eigenvalue weighted by molar-refractivity contribution is 5.69. The van der Waals surface area contributed by atoms with Crippen LogP contribution in [0.3, 0.4) is 0 Å². The molecule has 3 rings (SSSR count). The van der Waals surface area contributed by atoms with Crippen molar-refractivity contribution in [3.8, 4) is 0 Å². The maximum absolute atomic E-state index is 12.7. The Balaban J connectivity index is 1.47. The quantitative estimate of drug-likeness (QED) is 0.450. The van der Waals surface area contributed by atoms with Gasteiger partial charge in [0.1, 0.15) is 6.61 Å². The van der Waals surface area contributed by atoms with Gasteiger partial charge in [0.15, 0.2) is 0 Å². The van der Waals surface area contributed by atoms with E-state index in [2.05, 4.69) is 6.58 Å². The maximum Gasteiger partial charge on any atom is 0.410 e. The van der Waals surface area contributed by atoms with Gasteiger partial charge in [-0.2, -0.15) is 0 Å². The summed E-state index contributed by atoms with van der Waals surface area (Å²) in [5.74, 6) is 0. The predicted octanol–water partition coefficient (Wildman–Crippen LogP) is 4.83. The second-order valence-electron chi connectivity index (χ2n) is 8.52. The minimum Gasteiger partial charge on any atom is -0.445 e. The lowest BCUT2D eigenvalue weighted by Gasteiger charge is -2.51. The highest BCUT2D eigenvalue weighted by Gasteiger charge is 2.48. The number of allylic oxidation sites excluding steroid dienone is 1. The molecule has 2 aliphatic heterocycles. The molecule has 2 heterocycles. The number of aliphatic hydroxyl groups is 1. The summed E-state index contributed by atoms with van der Waals surface area (Å²) in [5.41, 5.74) is 0.278. The molecule has 5 heteroatoms. The number of amides is 1. The molecule has 0 spiro atoms. The standard InChI is InChI=1S/C24H35NO4/c1-2-3-4-5-6-7-11-14-24(27)15-21-18-28-19-22(16-24)25(21)23(26)29-17-20-12-9-8-10-13-20/h2,8-10,12-13,21-22,27H,1,3-7,11,14-19H2. The number of unbranched alkanes of at least 4 members (excludes halogenated alkanes) is 5. The van der Waals surface area contributed by atoms with Crippen LogP contribution in [0, 0.1) is 0 Å². The number of piperidine rings is 1. The zero-order valence-electron chi connectivity index (χ0n) is 17.4. The summed E-state index contributed by atoms with van der Waals surface area (Å²) >= 11 is 0. The molecule has 2 bridgehead atoms. The lowest BCUT2D eigenvalue weighted by Crippen LogP contribution is -2.63. The Morgan fingerprint density at radius 2 is 1.79 bits per heavy atom.